The summed E-state index contributed by atoms with van der Waals surface area (Å²) in [6.07, 6.45) is -4.68. The minimum atomic E-state index is -4.68. The minimum Gasteiger partial charge on any atom is -0.396 e. The molecule has 0 spiro atoms. The van der Waals surface area contributed by atoms with E-state index in [-0.39, 0.29) is 27.4 Å². The Kier molecular flexibility index (Phi) is 4.64. The molecule has 28 heavy (non-hydrogen) atoms. The molecule has 0 saturated heterocycles. The Hall–Kier alpha value is -2.63. The molecule has 0 aliphatic heterocycles. The number of aromatic nitrogens is 2. The second-order valence-corrected chi connectivity index (χ2v) is 7.82. The van der Waals surface area contributed by atoms with Crippen LogP contribution in [0.15, 0.2) is 35.2 Å². The van der Waals surface area contributed by atoms with E-state index in [2.05, 4.69) is 4.98 Å². The highest BCUT2D eigenvalue weighted by Gasteiger charge is 2.34. The topological polar surface area (TPSA) is 121 Å². The zero-order chi connectivity index (χ0) is 21.0. The molecular weight excluding hydrogens is 421 g/mol. The van der Waals surface area contributed by atoms with Crippen molar-refractivity contribution < 1.29 is 26.4 Å². The molecule has 0 aliphatic rings. The van der Waals surface area contributed by atoms with Gasteiger partial charge in [-0.2, -0.15) is 13.2 Å². The number of hydrogen-bond donors (Lipinski definition) is 2. The summed E-state index contributed by atoms with van der Waals surface area (Å²) in [7, 11) is -4.19. The van der Waals surface area contributed by atoms with E-state index in [0.29, 0.717) is 0 Å². The van der Waals surface area contributed by atoms with E-state index in [1.807, 2.05) is 0 Å². The largest absolute Gasteiger partial charge is 0.418 e. The Morgan fingerprint density at radius 2 is 1.86 bits per heavy atom. The van der Waals surface area contributed by atoms with Gasteiger partial charge in [-0.05, 0) is 37.3 Å². The van der Waals surface area contributed by atoms with Crippen LogP contribution in [0.1, 0.15) is 21.7 Å². The molecule has 0 unspecified atom stereocenters. The molecule has 3 aromatic rings. The third-order valence-corrected chi connectivity index (χ3v) is 5.42. The molecular formula is C16H12ClF3N4O3S. The predicted molar refractivity (Wildman–Crippen MR) is 96.4 cm³/mol. The average molecular weight is 433 g/mol. The summed E-state index contributed by atoms with van der Waals surface area (Å²) >= 11 is 5.80. The highest BCUT2D eigenvalue weighted by atomic mass is 35.5. The molecule has 4 N–H and O–H groups in total. The number of imidazole rings is 1. The van der Waals surface area contributed by atoms with Gasteiger partial charge >= 0.3 is 6.18 Å². The summed E-state index contributed by atoms with van der Waals surface area (Å²) in [4.78, 5) is 16.4. The lowest BCUT2D eigenvalue weighted by Crippen LogP contribution is -2.17. The first-order chi connectivity index (χ1) is 12.8. The maximum Gasteiger partial charge on any atom is 0.418 e. The number of halogens is 4. The Labute approximate surface area is 161 Å². The molecule has 0 aliphatic carbocycles. The standard InChI is InChI=1S/C16H12ClF3N4O3S/c1-7-23-14-11(5-3-9(13(14)21)16(18,19)20)24(7)15(25)8-2-4-10(17)12(6-8)28(22,26)27/h2-6H,21H2,1H3,(H2,22,26,27). The molecule has 2 aromatic carbocycles. The van der Waals surface area contributed by atoms with E-state index >= 15 is 0 Å². The maximum absolute atomic E-state index is 13.0. The quantitative estimate of drug-likeness (QED) is 0.603. The monoisotopic (exact) mass is 432 g/mol. The number of carbonyl (C=O) groups is 1. The third-order valence-electron chi connectivity index (χ3n) is 4.03. The van der Waals surface area contributed by atoms with Crippen molar-refractivity contribution in [3.63, 3.8) is 0 Å². The van der Waals surface area contributed by atoms with Crippen molar-refractivity contribution in [1.82, 2.24) is 9.55 Å². The van der Waals surface area contributed by atoms with Crippen LogP contribution in [0.5, 0.6) is 0 Å². The van der Waals surface area contributed by atoms with Crippen LogP contribution in [0.2, 0.25) is 5.02 Å². The van der Waals surface area contributed by atoms with Gasteiger partial charge in [0.05, 0.1) is 21.8 Å². The lowest BCUT2D eigenvalue weighted by molar-refractivity contribution is -0.136. The Morgan fingerprint density at radius 3 is 2.43 bits per heavy atom. The third kappa shape index (κ3) is 3.32. The number of rotatable bonds is 2. The van der Waals surface area contributed by atoms with Crippen molar-refractivity contribution in [2.45, 2.75) is 18.0 Å². The summed E-state index contributed by atoms with van der Waals surface area (Å²) < 4.78 is 63.4. The van der Waals surface area contributed by atoms with Crippen molar-refractivity contribution in [3.05, 3.63) is 52.3 Å². The van der Waals surface area contributed by atoms with Gasteiger partial charge in [0.1, 0.15) is 16.2 Å². The van der Waals surface area contributed by atoms with Crippen molar-refractivity contribution in [3.8, 4) is 0 Å². The van der Waals surface area contributed by atoms with Crippen LogP contribution in [-0.4, -0.2) is 23.9 Å². The molecule has 12 heteroatoms. The second kappa shape index (κ2) is 6.47. The molecule has 0 fully saturated rings. The van der Waals surface area contributed by atoms with E-state index in [9.17, 15) is 26.4 Å². The minimum absolute atomic E-state index is 0.0418. The summed E-state index contributed by atoms with van der Waals surface area (Å²) in [5, 5.41) is 4.90. The fraction of sp³-hybridized carbons (Fsp3) is 0.125. The number of hydrogen-bond acceptors (Lipinski definition) is 5. The summed E-state index contributed by atoms with van der Waals surface area (Å²) in [5.74, 6) is -0.668. The fourth-order valence-corrected chi connectivity index (χ4v) is 3.84. The SMILES string of the molecule is Cc1nc2c(N)c(C(F)(F)F)ccc2n1C(=O)c1ccc(Cl)c(S(N)(=O)=O)c1. The van der Waals surface area contributed by atoms with Crippen LogP contribution in [0, 0.1) is 6.92 Å². The number of nitrogen functional groups attached to an aromatic ring is 1. The molecule has 3 rings (SSSR count). The van der Waals surface area contributed by atoms with Crippen molar-refractivity contribution in [1.29, 1.82) is 0 Å². The number of benzene rings is 2. The Bertz CT molecular complexity index is 1240. The van der Waals surface area contributed by atoms with E-state index in [4.69, 9.17) is 22.5 Å². The van der Waals surface area contributed by atoms with Crippen LogP contribution >= 0.6 is 11.6 Å². The molecule has 0 saturated carbocycles. The van der Waals surface area contributed by atoms with E-state index < -0.39 is 38.3 Å². The van der Waals surface area contributed by atoms with Gasteiger partial charge in [-0.3, -0.25) is 9.36 Å². The van der Waals surface area contributed by atoms with Crippen LogP contribution < -0.4 is 10.9 Å². The van der Waals surface area contributed by atoms with Gasteiger partial charge in [0.25, 0.3) is 5.91 Å². The average Bonchev–Trinajstić information content (AvgIpc) is 2.89. The Morgan fingerprint density at radius 1 is 1.21 bits per heavy atom. The summed E-state index contributed by atoms with van der Waals surface area (Å²) in [5.41, 5.74) is 3.67. The van der Waals surface area contributed by atoms with Crippen LogP contribution in [0.4, 0.5) is 18.9 Å². The Balaban J connectivity index is 2.21. The number of alkyl halides is 3. The van der Waals surface area contributed by atoms with Crippen LogP contribution in [0.3, 0.4) is 0 Å². The number of nitrogens with zero attached hydrogens (tertiary/aromatic N) is 2. The first kappa shape index (κ1) is 20.1. The molecule has 0 bridgehead atoms. The van der Waals surface area contributed by atoms with Crippen molar-refractivity contribution >= 4 is 44.3 Å². The zero-order valence-corrected chi connectivity index (χ0v) is 15.7. The first-order valence-electron chi connectivity index (χ1n) is 7.54. The van der Waals surface area contributed by atoms with E-state index in [1.165, 1.54) is 19.1 Å². The number of fused-ring (bicyclic) bond motifs is 1. The number of aryl methyl sites for hydroxylation is 1. The molecule has 1 heterocycles. The van der Waals surface area contributed by atoms with Gasteiger partial charge < -0.3 is 5.73 Å². The number of carbonyl (C=O) groups excluding carboxylic acids is 1. The van der Waals surface area contributed by atoms with E-state index in [1.54, 1.807) is 0 Å². The van der Waals surface area contributed by atoms with Crippen LogP contribution in [-0.2, 0) is 16.2 Å². The summed E-state index contributed by atoms with van der Waals surface area (Å²) in [6.45, 7) is 1.40. The predicted octanol–water partition coefficient (Wildman–Crippen LogP) is 2.94. The van der Waals surface area contributed by atoms with E-state index in [0.717, 1.165) is 22.8 Å². The molecule has 148 valence electrons. The fourth-order valence-electron chi connectivity index (χ4n) is 2.77. The van der Waals surface area contributed by atoms with Crippen LogP contribution in [0.25, 0.3) is 11.0 Å². The lowest BCUT2D eigenvalue weighted by Gasteiger charge is -2.11. The van der Waals surface area contributed by atoms with Gasteiger partial charge in [-0.25, -0.2) is 18.5 Å². The normalized spacial score (nSPS) is 12.5. The molecule has 0 amide bonds. The highest BCUT2D eigenvalue weighted by molar-refractivity contribution is 7.89. The maximum atomic E-state index is 13.0. The van der Waals surface area contributed by atoms with Gasteiger partial charge in [0.15, 0.2) is 0 Å². The number of sulfonamides is 1. The molecule has 7 nitrogen and oxygen atoms in total. The number of anilines is 1. The molecule has 0 atom stereocenters. The van der Waals surface area contributed by atoms with Crippen molar-refractivity contribution in [2.24, 2.45) is 5.14 Å². The van der Waals surface area contributed by atoms with Gasteiger partial charge in [0.2, 0.25) is 10.0 Å². The summed E-state index contributed by atoms with van der Waals surface area (Å²) in [6, 6.07) is 5.25. The van der Waals surface area contributed by atoms with Gasteiger partial charge in [0, 0.05) is 5.56 Å². The number of nitrogens with two attached hydrogens (primary N) is 2. The second-order valence-electron chi connectivity index (χ2n) is 5.88. The number of primary sulfonamides is 1. The van der Waals surface area contributed by atoms with Gasteiger partial charge in [-0.15, -0.1) is 0 Å². The first-order valence-corrected chi connectivity index (χ1v) is 9.46. The lowest BCUT2D eigenvalue weighted by atomic mass is 10.1. The highest BCUT2D eigenvalue weighted by Crippen LogP contribution is 2.37. The zero-order valence-electron chi connectivity index (χ0n) is 14.1. The van der Waals surface area contributed by atoms with Crippen molar-refractivity contribution in [2.75, 3.05) is 5.73 Å². The smallest absolute Gasteiger partial charge is 0.396 e. The van der Waals surface area contributed by atoms with Gasteiger partial charge in [-0.1, -0.05) is 11.6 Å². The molecule has 0 radical (unpaired) electrons. The molecule has 1 aromatic heterocycles.